The van der Waals surface area contributed by atoms with Crippen LogP contribution in [0.25, 0.3) is 0 Å². The van der Waals surface area contributed by atoms with Gasteiger partial charge >= 0.3 is 0 Å². The number of furan rings is 1. The van der Waals surface area contributed by atoms with Crippen LogP contribution >= 0.6 is 15.9 Å². The summed E-state index contributed by atoms with van der Waals surface area (Å²) in [6.45, 7) is 0. The molecule has 132 valence electrons. The van der Waals surface area contributed by atoms with Crippen molar-refractivity contribution in [2.75, 3.05) is 10.6 Å². The first-order chi connectivity index (χ1) is 12.0. The van der Waals surface area contributed by atoms with Gasteiger partial charge in [-0.1, -0.05) is 19.3 Å². The first-order valence-corrected chi connectivity index (χ1v) is 8.98. The van der Waals surface area contributed by atoms with Gasteiger partial charge in [-0.15, -0.1) is 0 Å². The van der Waals surface area contributed by atoms with E-state index in [4.69, 9.17) is 4.42 Å². The number of carbonyl (C=O) groups excluding carboxylic acids is 2. The van der Waals surface area contributed by atoms with Crippen LogP contribution in [0.15, 0.2) is 39.6 Å². The molecule has 5 nitrogen and oxygen atoms in total. The van der Waals surface area contributed by atoms with E-state index in [1.54, 1.807) is 0 Å². The molecule has 25 heavy (non-hydrogen) atoms. The maximum atomic E-state index is 14.0. The Bertz CT molecular complexity index is 784. The fraction of sp³-hybridized carbons (Fsp3) is 0.333. The third-order valence-corrected chi connectivity index (χ3v) is 4.70. The Morgan fingerprint density at radius 3 is 2.56 bits per heavy atom. The molecule has 1 fully saturated rings. The average molecular weight is 409 g/mol. The van der Waals surface area contributed by atoms with Crippen LogP contribution in [0.1, 0.15) is 42.5 Å². The molecule has 1 aliphatic rings. The number of hydrogen-bond donors (Lipinski definition) is 2. The van der Waals surface area contributed by atoms with Crippen molar-refractivity contribution in [2.45, 2.75) is 32.1 Å². The molecule has 0 radical (unpaired) electrons. The highest BCUT2D eigenvalue weighted by Crippen LogP contribution is 2.27. The third kappa shape index (κ3) is 4.48. The molecule has 2 N–H and O–H groups in total. The SMILES string of the molecule is O=C(Nc1ccc(F)c(NC(=O)C2CCCCC2)c1)c1coc(Br)c1. The summed E-state index contributed by atoms with van der Waals surface area (Å²) >= 11 is 3.13. The van der Waals surface area contributed by atoms with Crippen LogP contribution in [0, 0.1) is 11.7 Å². The summed E-state index contributed by atoms with van der Waals surface area (Å²) in [4.78, 5) is 24.4. The minimum atomic E-state index is -0.534. The molecule has 2 amide bonds. The zero-order valence-corrected chi connectivity index (χ0v) is 15.1. The average Bonchev–Trinajstić information content (AvgIpc) is 3.05. The van der Waals surface area contributed by atoms with E-state index in [1.165, 1.54) is 30.5 Å². The maximum absolute atomic E-state index is 14.0. The largest absolute Gasteiger partial charge is 0.457 e. The molecule has 0 bridgehead atoms. The Labute approximate surface area is 153 Å². The van der Waals surface area contributed by atoms with Gasteiger partial charge in [-0.25, -0.2) is 4.39 Å². The first kappa shape index (κ1) is 17.7. The summed E-state index contributed by atoms with van der Waals surface area (Å²) < 4.78 is 19.5. The number of rotatable bonds is 4. The Morgan fingerprint density at radius 1 is 1.12 bits per heavy atom. The van der Waals surface area contributed by atoms with E-state index in [0.717, 1.165) is 32.1 Å². The van der Waals surface area contributed by atoms with Gasteiger partial charge in [0.05, 0.1) is 11.3 Å². The van der Waals surface area contributed by atoms with E-state index < -0.39 is 5.82 Å². The van der Waals surface area contributed by atoms with E-state index in [2.05, 4.69) is 26.6 Å². The molecule has 1 aromatic carbocycles. The summed E-state index contributed by atoms with van der Waals surface area (Å²) in [5.41, 5.74) is 0.799. The number of benzene rings is 1. The molecule has 1 heterocycles. The minimum Gasteiger partial charge on any atom is -0.457 e. The number of halogens is 2. The lowest BCUT2D eigenvalue weighted by Gasteiger charge is -2.21. The quantitative estimate of drug-likeness (QED) is 0.751. The van der Waals surface area contributed by atoms with Crippen molar-refractivity contribution in [3.63, 3.8) is 0 Å². The van der Waals surface area contributed by atoms with Crippen LogP contribution in [0.5, 0.6) is 0 Å². The summed E-state index contributed by atoms with van der Waals surface area (Å²) in [7, 11) is 0. The molecule has 0 spiro atoms. The Kier molecular flexibility index (Phi) is 5.53. The number of amides is 2. The van der Waals surface area contributed by atoms with E-state index in [9.17, 15) is 14.0 Å². The zero-order chi connectivity index (χ0) is 17.8. The maximum Gasteiger partial charge on any atom is 0.258 e. The van der Waals surface area contributed by atoms with E-state index in [0.29, 0.717) is 15.9 Å². The summed E-state index contributed by atoms with van der Waals surface area (Å²) in [6.07, 6.45) is 6.17. The van der Waals surface area contributed by atoms with Gasteiger partial charge in [-0.2, -0.15) is 0 Å². The van der Waals surface area contributed by atoms with Crippen molar-refractivity contribution in [1.82, 2.24) is 0 Å². The molecule has 0 unspecified atom stereocenters. The molecule has 0 saturated heterocycles. The van der Waals surface area contributed by atoms with E-state index in [1.807, 2.05) is 0 Å². The lowest BCUT2D eigenvalue weighted by molar-refractivity contribution is -0.120. The van der Waals surface area contributed by atoms with Crippen molar-refractivity contribution < 1.29 is 18.4 Å². The Morgan fingerprint density at radius 2 is 1.88 bits per heavy atom. The van der Waals surface area contributed by atoms with Crippen LogP contribution in [-0.4, -0.2) is 11.8 Å². The molecule has 2 aromatic rings. The van der Waals surface area contributed by atoms with Crippen LogP contribution < -0.4 is 10.6 Å². The van der Waals surface area contributed by atoms with Crippen LogP contribution in [0.4, 0.5) is 15.8 Å². The highest BCUT2D eigenvalue weighted by atomic mass is 79.9. The Hall–Kier alpha value is -2.15. The Balaban J connectivity index is 1.69. The monoisotopic (exact) mass is 408 g/mol. The standard InChI is InChI=1S/C18H18BrFN2O3/c19-16-8-12(10-25-16)18(24)21-13-6-7-14(20)15(9-13)22-17(23)11-4-2-1-3-5-11/h6-11H,1-5H2,(H,21,24)(H,22,23). The molecule has 3 rings (SSSR count). The van der Waals surface area contributed by atoms with E-state index in [-0.39, 0.29) is 23.4 Å². The molecule has 1 aromatic heterocycles. The minimum absolute atomic E-state index is 0.0711. The molecule has 1 aliphatic carbocycles. The van der Waals surface area contributed by atoms with Crippen LogP contribution in [0.3, 0.4) is 0 Å². The van der Waals surface area contributed by atoms with Gasteiger partial charge in [-0.05, 0) is 47.0 Å². The van der Waals surface area contributed by atoms with Crippen molar-refractivity contribution in [1.29, 1.82) is 0 Å². The lowest BCUT2D eigenvalue weighted by Crippen LogP contribution is -2.25. The van der Waals surface area contributed by atoms with Gasteiger partial charge in [0, 0.05) is 17.7 Å². The van der Waals surface area contributed by atoms with Crippen molar-refractivity contribution in [3.05, 3.63) is 46.6 Å². The fourth-order valence-corrected chi connectivity index (χ4v) is 3.27. The van der Waals surface area contributed by atoms with E-state index >= 15 is 0 Å². The molecule has 7 heteroatoms. The van der Waals surface area contributed by atoms with Crippen LogP contribution in [-0.2, 0) is 4.79 Å². The molecule has 0 atom stereocenters. The van der Waals surface area contributed by atoms with Gasteiger partial charge < -0.3 is 15.1 Å². The van der Waals surface area contributed by atoms with Gasteiger partial charge in [0.1, 0.15) is 12.1 Å². The number of carbonyl (C=O) groups is 2. The first-order valence-electron chi connectivity index (χ1n) is 8.19. The summed E-state index contributed by atoms with van der Waals surface area (Å²) in [6, 6.07) is 5.61. The predicted molar refractivity (Wildman–Crippen MR) is 96.0 cm³/mol. The van der Waals surface area contributed by atoms with Crippen molar-refractivity contribution in [2.24, 2.45) is 5.92 Å². The van der Waals surface area contributed by atoms with Crippen molar-refractivity contribution in [3.8, 4) is 0 Å². The second-order valence-electron chi connectivity index (χ2n) is 6.11. The fourth-order valence-electron chi connectivity index (χ4n) is 2.93. The van der Waals surface area contributed by atoms with Gasteiger partial charge in [0.25, 0.3) is 5.91 Å². The molecular formula is C18H18BrFN2O3. The number of nitrogens with one attached hydrogen (secondary N) is 2. The highest BCUT2D eigenvalue weighted by molar-refractivity contribution is 9.10. The second kappa shape index (κ2) is 7.82. The third-order valence-electron chi connectivity index (χ3n) is 4.29. The summed E-state index contributed by atoms with van der Waals surface area (Å²) in [5, 5.41) is 5.30. The van der Waals surface area contributed by atoms with Crippen molar-refractivity contribution >= 4 is 39.1 Å². The van der Waals surface area contributed by atoms with Gasteiger partial charge in [0.2, 0.25) is 5.91 Å². The second-order valence-corrected chi connectivity index (χ2v) is 6.89. The topological polar surface area (TPSA) is 71.3 Å². The summed E-state index contributed by atoms with van der Waals surface area (Å²) in [5.74, 6) is -1.16. The molecule has 1 saturated carbocycles. The lowest BCUT2D eigenvalue weighted by atomic mass is 9.88. The zero-order valence-electron chi connectivity index (χ0n) is 13.5. The van der Waals surface area contributed by atoms with Gasteiger partial charge in [0.15, 0.2) is 4.67 Å². The number of anilines is 2. The van der Waals surface area contributed by atoms with Gasteiger partial charge in [-0.3, -0.25) is 9.59 Å². The molecule has 0 aliphatic heterocycles. The smallest absolute Gasteiger partial charge is 0.258 e. The predicted octanol–water partition coefficient (Wildman–Crippen LogP) is 4.95. The number of hydrogen-bond acceptors (Lipinski definition) is 3. The molecular weight excluding hydrogens is 391 g/mol. The normalized spacial score (nSPS) is 15.0. The highest BCUT2D eigenvalue weighted by Gasteiger charge is 2.22. The van der Waals surface area contributed by atoms with Crippen LogP contribution in [0.2, 0.25) is 0 Å².